The molecule has 0 N–H and O–H groups in total. The van der Waals surface area contributed by atoms with E-state index in [0.29, 0.717) is 28.7 Å². The Balaban J connectivity index is 1.51. The molecule has 0 aromatic heterocycles. The number of fused-ring (bicyclic) bond motifs is 6. The fraction of sp³-hybridized carbons (Fsp3) is 0.769. The second-order valence-corrected chi connectivity index (χ2v) is 11.3. The largest absolute Gasteiger partial charge is 0.365 e. The van der Waals surface area contributed by atoms with Crippen molar-refractivity contribution in [3.63, 3.8) is 0 Å². The lowest BCUT2D eigenvalue weighted by Crippen LogP contribution is -2.58. The van der Waals surface area contributed by atoms with Crippen LogP contribution in [0.25, 0.3) is 0 Å². The normalized spacial score (nSPS) is 51.0. The molecule has 2 saturated carbocycles. The number of allylic oxidation sites excluding steroid dienone is 5. The van der Waals surface area contributed by atoms with Crippen molar-refractivity contribution in [3.8, 4) is 0 Å². The van der Waals surface area contributed by atoms with E-state index in [1.807, 2.05) is 0 Å². The Morgan fingerprint density at radius 1 is 1.11 bits per heavy atom. The summed E-state index contributed by atoms with van der Waals surface area (Å²) in [5.41, 5.74) is 4.48. The van der Waals surface area contributed by atoms with E-state index >= 15 is 0 Å². The Morgan fingerprint density at radius 3 is 2.68 bits per heavy atom. The molecule has 3 fully saturated rings. The molecule has 0 amide bonds. The monoisotopic (exact) mass is 381 g/mol. The van der Waals surface area contributed by atoms with E-state index < -0.39 is 0 Å². The molecule has 0 radical (unpaired) electrons. The summed E-state index contributed by atoms with van der Waals surface area (Å²) in [6.45, 7) is 13.6. The lowest BCUT2D eigenvalue weighted by molar-refractivity contribution is -0.143. The Hall–Kier alpha value is -0.860. The van der Waals surface area contributed by atoms with E-state index in [4.69, 9.17) is 4.74 Å². The van der Waals surface area contributed by atoms with Crippen LogP contribution in [0.3, 0.4) is 0 Å². The molecule has 4 aliphatic carbocycles. The zero-order valence-corrected chi connectivity index (χ0v) is 18.5. The van der Waals surface area contributed by atoms with Crippen LogP contribution >= 0.6 is 0 Å². The fourth-order valence-electron chi connectivity index (χ4n) is 8.42. The number of hydrogen-bond acceptors (Lipinski definition) is 2. The summed E-state index contributed by atoms with van der Waals surface area (Å²) in [7, 11) is 2.26. The van der Waals surface area contributed by atoms with E-state index in [9.17, 15) is 0 Å². The zero-order chi connectivity index (χ0) is 19.7. The molecule has 1 aliphatic heterocycles. The van der Waals surface area contributed by atoms with Crippen molar-refractivity contribution in [3.05, 3.63) is 36.0 Å². The first-order valence-electron chi connectivity index (χ1n) is 11.6. The van der Waals surface area contributed by atoms with Gasteiger partial charge < -0.3 is 4.74 Å². The van der Waals surface area contributed by atoms with E-state index in [2.05, 4.69) is 57.5 Å². The van der Waals surface area contributed by atoms with Gasteiger partial charge in [0.2, 0.25) is 0 Å². The third-order valence-electron chi connectivity index (χ3n) is 10.4. The number of nitrogens with zero attached hydrogens (tertiary/aromatic N) is 1. The highest BCUT2D eigenvalue weighted by atomic mass is 16.5. The maximum absolute atomic E-state index is 6.07. The van der Waals surface area contributed by atoms with Crippen molar-refractivity contribution in [2.45, 2.75) is 71.8 Å². The number of rotatable bonds is 1. The Labute approximate surface area is 172 Å². The van der Waals surface area contributed by atoms with Crippen molar-refractivity contribution in [1.29, 1.82) is 0 Å². The van der Waals surface area contributed by atoms with Crippen LogP contribution in [0, 0.1) is 34.0 Å². The summed E-state index contributed by atoms with van der Waals surface area (Å²) >= 11 is 0. The summed E-state index contributed by atoms with van der Waals surface area (Å²) in [6, 6.07) is 0.676. The lowest BCUT2D eigenvalue weighted by atomic mass is 9.52. The van der Waals surface area contributed by atoms with Gasteiger partial charge in [-0.15, -0.1) is 6.58 Å². The van der Waals surface area contributed by atoms with Gasteiger partial charge >= 0.3 is 0 Å². The Bertz CT molecular complexity index is 737. The minimum atomic E-state index is 0.272. The molecule has 7 atom stereocenters. The first kappa shape index (κ1) is 19.1. The zero-order valence-electron chi connectivity index (χ0n) is 18.5. The topological polar surface area (TPSA) is 12.5 Å². The Morgan fingerprint density at radius 2 is 1.89 bits per heavy atom. The molecule has 0 aromatic carbocycles. The highest BCUT2D eigenvalue weighted by Crippen LogP contribution is 2.67. The molecule has 5 rings (SSSR count). The van der Waals surface area contributed by atoms with Crippen LogP contribution in [-0.2, 0) is 4.74 Å². The average Bonchev–Trinajstić information content (AvgIpc) is 2.80. The predicted octanol–water partition coefficient (Wildman–Crippen LogP) is 5.97. The molecule has 28 heavy (non-hydrogen) atoms. The molecule has 0 aromatic rings. The smallest absolute Gasteiger partial charge is 0.0990 e. The van der Waals surface area contributed by atoms with Gasteiger partial charge in [-0.1, -0.05) is 44.6 Å². The molecule has 154 valence electrons. The molecule has 0 bridgehead atoms. The van der Waals surface area contributed by atoms with Crippen LogP contribution in [0.4, 0.5) is 0 Å². The molecule has 0 spiro atoms. The Kier molecular flexibility index (Phi) is 4.31. The van der Waals surface area contributed by atoms with Crippen molar-refractivity contribution in [2.24, 2.45) is 34.0 Å². The minimum Gasteiger partial charge on any atom is -0.365 e. The quantitative estimate of drug-likeness (QED) is 0.519. The number of ether oxygens (including phenoxy) is 1. The summed E-state index contributed by atoms with van der Waals surface area (Å²) in [4.78, 5) is 2.47. The van der Waals surface area contributed by atoms with Crippen molar-refractivity contribution < 1.29 is 4.74 Å². The molecule has 2 heteroatoms. The van der Waals surface area contributed by atoms with Gasteiger partial charge in [-0.05, 0) is 86.2 Å². The lowest BCUT2D eigenvalue weighted by Gasteiger charge is -2.54. The van der Waals surface area contributed by atoms with Crippen molar-refractivity contribution in [1.82, 2.24) is 4.90 Å². The second-order valence-electron chi connectivity index (χ2n) is 11.3. The third-order valence-corrected chi connectivity index (χ3v) is 10.4. The van der Waals surface area contributed by atoms with E-state index in [-0.39, 0.29) is 5.41 Å². The maximum atomic E-state index is 6.07. The van der Waals surface area contributed by atoms with Gasteiger partial charge in [-0.25, -0.2) is 0 Å². The van der Waals surface area contributed by atoms with Gasteiger partial charge in [0.05, 0.1) is 13.3 Å². The van der Waals surface area contributed by atoms with E-state index in [1.165, 1.54) is 44.9 Å². The molecule has 7 unspecified atom stereocenters. The maximum Gasteiger partial charge on any atom is 0.0990 e. The summed E-state index contributed by atoms with van der Waals surface area (Å²) in [6.07, 6.45) is 16.7. The highest BCUT2D eigenvalue weighted by Gasteiger charge is 2.59. The average molecular weight is 382 g/mol. The molecule has 1 saturated heterocycles. The summed E-state index contributed by atoms with van der Waals surface area (Å²) in [5, 5.41) is 0. The SMILES string of the molecule is C=CC1CCC2(C)C3CCC4C(=CC3=CCC12C)CCC1N(C)COCC41C. The van der Waals surface area contributed by atoms with Crippen LogP contribution in [-0.4, -0.2) is 31.3 Å². The predicted molar refractivity (Wildman–Crippen MR) is 116 cm³/mol. The van der Waals surface area contributed by atoms with Crippen LogP contribution in [0.2, 0.25) is 0 Å². The molecular formula is C26H39NO. The first-order chi connectivity index (χ1) is 13.3. The fourth-order valence-corrected chi connectivity index (χ4v) is 8.42. The first-order valence-corrected chi connectivity index (χ1v) is 11.6. The number of hydrogen-bond donors (Lipinski definition) is 0. The van der Waals surface area contributed by atoms with Crippen LogP contribution in [0.1, 0.15) is 65.7 Å². The second kappa shape index (κ2) is 6.32. The van der Waals surface area contributed by atoms with Crippen LogP contribution in [0.15, 0.2) is 36.0 Å². The van der Waals surface area contributed by atoms with Gasteiger partial charge in [-0.3, -0.25) is 4.90 Å². The van der Waals surface area contributed by atoms with Gasteiger partial charge in [0.25, 0.3) is 0 Å². The highest BCUT2D eigenvalue weighted by molar-refractivity contribution is 5.37. The minimum absolute atomic E-state index is 0.272. The van der Waals surface area contributed by atoms with Gasteiger partial charge in [0.15, 0.2) is 0 Å². The van der Waals surface area contributed by atoms with Gasteiger partial charge in [-0.2, -0.15) is 0 Å². The standard InChI is InChI=1S/C26H39NO/c1-6-20-12-14-26(4)22-9-8-21-18(15-19(22)11-13-25(20,26)3)7-10-23-24(21,2)16-28-17-27(23)5/h6,11,15,20-23H,1,7-10,12-14,16-17H2,2-5H3. The van der Waals surface area contributed by atoms with E-state index in [1.54, 1.807) is 11.1 Å². The van der Waals surface area contributed by atoms with Gasteiger partial charge in [0, 0.05) is 11.5 Å². The van der Waals surface area contributed by atoms with Crippen LogP contribution < -0.4 is 0 Å². The van der Waals surface area contributed by atoms with Crippen molar-refractivity contribution in [2.75, 3.05) is 20.4 Å². The molecule has 2 nitrogen and oxygen atoms in total. The van der Waals surface area contributed by atoms with Crippen LogP contribution in [0.5, 0.6) is 0 Å². The van der Waals surface area contributed by atoms with Gasteiger partial charge in [0.1, 0.15) is 0 Å². The van der Waals surface area contributed by atoms with E-state index in [0.717, 1.165) is 19.3 Å². The third kappa shape index (κ3) is 2.34. The molecule has 5 aliphatic rings. The summed E-state index contributed by atoms with van der Waals surface area (Å²) in [5.74, 6) is 2.08. The molecule has 1 heterocycles. The summed E-state index contributed by atoms with van der Waals surface area (Å²) < 4.78 is 6.07. The van der Waals surface area contributed by atoms with Crippen molar-refractivity contribution >= 4 is 0 Å². The molecular weight excluding hydrogens is 342 g/mol.